The largest absolute Gasteiger partial charge is 0.331 e. The number of urea groups is 1. The van der Waals surface area contributed by atoms with Crippen LogP contribution in [0.5, 0.6) is 0 Å². The van der Waals surface area contributed by atoms with E-state index in [9.17, 15) is 9.18 Å². The summed E-state index contributed by atoms with van der Waals surface area (Å²) in [6.45, 7) is 4.27. The molecule has 0 aliphatic heterocycles. The summed E-state index contributed by atoms with van der Waals surface area (Å²) in [7, 11) is 0. The van der Waals surface area contributed by atoms with E-state index in [1.54, 1.807) is 40.6 Å². The molecule has 3 rings (SSSR count). The first-order valence-electron chi connectivity index (χ1n) is 7.78. The van der Waals surface area contributed by atoms with E-state index >= 15 is 0 Å². The summed E-state index contributed by atoms with van der Waals surface area (Å²) in [5.41, 5.74) is 0.555. The molecule has 0 radical (unpaired) electrons. The quantitative estimate of drug-likeness (QED) is 0.898. The van der Waals surface area contributed by atoms with Crippen molar-refractivity contribution in [3.8, 4) is 0 Å². The number of amides is 2. The third-order valence-corrected chi connectivity index (χ3v) is 4.92. The van der Waals surface area contributed by atoms with Crippen LogP contribution in [-0.4, -0.2) is 22.0 Å². The Labute approximate surface area is 139 Å². The first kappa shape index (κ1) is 15.9. The van der Waals surface area contributed by atoms with Gasteiger partial charge in [0.15, 0.2) is 0 Å². The highest BCUT2D eigenvalue weighted by Crippen LogP contribution is 2.35. The zero-order chi connectivity index (χ0) is 16.4. The number of aromatic nitrogens is 1. The number of nitrogens with one attached hydrogen (secondary N) is 1. The van der Waals surface area contributed by atoms with Crippen LogP contribution >= 0.6 is 11.3 Å². The lowest BCUT2D eigenvalue weighted by Gasteiger charge is -2.30. The molecule has 1 fully saturated rings. The number of hydrogen-bond donors (Lipinski definition) is 1. The van der Waals surface area contributed by atoms with Crippen LogP contribution in [0.4, 0.5) is 9.18 Å². The van der Waals surface area contributed by atoms with Crippen LogP contribution in [0.25, 0.3) is 0 Å². The minimum Gasteiger partial charge on any atom is -0.331 e. The summed E-state index contributed by atoms with van der Waals surface area (Å²) < 4.78 is 14.0. The van der Waals surface area contributed by atoms with Gasteiger partial charge in [-0.05, 0) is 32.8 Å². The maximum atomic E-state index is 14.0. The van der Waals surface area contributed by atoms with Crippen LogP contribution in [0.15, 0.2) is 30.5 Å². The van der Waals surface area contributed by atoms with Crippen molar-refractivity contribution in [2.24, 2.45) is 0 Å². The third kappa shape index (κ3) is 3.69. The SMILES string of the molecule is Cc1cnc(CNC(=O)N(C2CC2)[C@H](C)c2ccccc2F)s1. The predicted molar refractivity (Wildman–Crippen MR) is 88.8 cm³/mol. The Bertz CT molecular complexity index is 699. The highest BCUT2D eigenvalue weighted by molar-refractivity contribution is 7.11. The smallest absolute Gasteiger partial charge is 0.318 e. The van der Waals surface area contributed by atoms with Crippen molar-refractivity contribution in [1.82, 2.24) is 15.2 Å². The molecule has 1 heterocycles. The second-order valence-corrected chi connectivity index (χ2v) is 7.18. The number of hydrogen-bond acceptors (Lipinski definition) is 3. The predicted octanol–water partition coefficient (Wildman–Crippen LogP) is 4.03. The summed E-state index contributed by atoms with van der Waals surface area (Å²) >= 11 is 1.57. The van der Waals surface area contributed by atoms with Crippen molar-refractivity contribution in [2.45, 2.75) is 45.3 Å². The number of carbonyl (C=O) groups is 1. The minimum atomic E-state index is -0.290. The van der Waals surface area contributed by atoms with Gasteiger partial charge in [0, 0.05) is 22.7 Å². The molecule has 2 amide bonds. The Morgan fingerprint density at radius 2 is 2.22 bits per heavy atom. The molecule has 2 aromatic rings. The van der Waals surface area contributed by atoms with Gasteiger partial charge in [-0.3, -0.25) is 0 Å². The van der Waals surface area contributed by atoms with E-state index in [1.807, 2.05) is 13.8 Å². The van der Waals surface area contributed by atoms with E-state index in [0.29, 0.717) is 12.1 Å². The molecule has 1 aromatic heterocycles. The van der Waals surface area contributed by atoms with Crippen molar-refractivity contribution in [3.05, 3.63) is 51.7 Å². The molecular weight excluding hydrogens is 313 g/mol. The summed E-state index contributed by atoms with van der Waals surface area (Å²) in [6.07, 6.45) is 3.75. The molecule has 1 saturated carbocycles. The monoisotopic (exact) mass is 333 g/mol. The van der Waals surface area contributed by atoms with Crippen molar-refractivity contribution in [2.75, 3.05) is 0 Å². The van der Waals surface area contributed by atoms with Gasteiger partial charge in [0.2, 0.25) is 0 Å². The van der Waals surface area contributed by atoms with Gasteiger partial charge in [0.05, 0.1) is 12.6 Å². The first-order valence-corrected chi connectivity index (χ1v) is 8.60. The van der Waals surface area contributed by atoms with Crippen LogP contribution in [0.3, 0.4) is 0 Å². The van der Waals surface area contributed by atoms with Gasteiger partial charge < -0.3 is 10.2 Å². The Balaban J connectivity index is 1.71. The summed E-state index contributed by atoms with van der Waals surface area (Å²) in [4.78, 5) is 19.7. The number of carbonyl (C=O) groups excluding carboxylic acids is 1. The number of benzene rings is 1. The van der Waals surface area contributed by atoms with Gasteiger partial charge in [-0.25, -0.2) is 14.2 Å². The van der Waals surface area contributed by atoms with Crippen LogP contribution in [-0.2, 0) is 6.54 Å². The van der Waals surface area contributed by atoms with Crippen LogP contribution < -0.4 is 5.32 Å². The average Bonchev–Trinajstić information content (AvgIpc) is 3.27. The topological polar surface area (TPSA) is 45.2 Å². The van der Waals surface area contributed by atoms with E-state index in [1.165, 1.54) is 6.07 Å². The van der Waals surface area contributed by atoms with Gasteiger partial charge >= 0.3 is 6.03 Å². The lowest BCUT2D eigenvalue weighted by atomic mass is 10.1. The zero-order valence-electron chi connectivity index (χ0n) is 13.3. The van der Waals surface area contributed by atoms with Gasteiger partial charge in [-0.2, -0.15) is 0 Å². The summed E-state index contributed by atoms with van der Waals surface area (Å²) in [5.74, 6) is -0.269. The summed E-state index contributed by atoms with van der Waals surface area (Å²) in [6, 6.07) is 6.40. The molecule has 1 aliphatic rings. The van der Waals surface area contributed by atoms with Crippen LogP contribution in [0, 0.1) is 12.7 Å². The second-order valence-electron chi connectivity index (χ2n) is 5.86. The van der Waals surface area contributed by atoms with Crippen LogP contribution in [0.1, 0.15) is 41.3 Å². The van der Waals surface area contributed by atoms with Gasteiger partial charge in [-0.15, -0.1) is 11.3 Å². The molecule has 0 spiro atoms. The van der Waals surface area contributed by atoms with E-state index in [0.717, 1.165) is 22.7 Å². The molecule has 0 bridgehead atoms. The van der Waals surface area contributed by atoms with E-state index in [-0.39, 0.29) is 23.9 Å². The number of halogens is 1. The molecule has 23 heavy (non-hydrogen) atoms. The van der Waals surface area contributed by atoms with Gasteiger partial charge in [0.1, 0.15) is 10.8 Å². The number of rotatable bonds is 5. The average molecular weight is 333 g/mol. The number of aryl methyl sites for hydroxylation is 1. The van der Waals surface area contributed by atoms with Crippen molar-refractivity contribution >= 4 is 17.4 Å². The van der Waals surface area contributed by atoms with Gasteiger partial charge in [0.25, 0.3) is 0 Å². The molecule has 122 valence electrons. The maximum Gasteiger partial charge on any atom is 0.318 e. The highest BCUT2D eigenvalue weighted by Gasteiger charge is 2.37. The van der Waals surface area contributed by atoms with E-state index in [4.69, 9.17) is 0 Å². The molecule has 1 atom stereocenters. The Morgan fingerprint density at radius 1 is 1.48 bits per heavy atom. The molecule has 4 nitrogen and oxygen atoms in total. The Morgan fingerprint density at radius 3 is 2.83 bits per heavy atom. The fourth-order valence-corrected chi connectivity index (χ4v) is 3.43. The number of thiazole rings is 1. The van der Waals surface area contributed by atoms with Crippen LogP contribution in [0.2, 0.25) is 0 Å². The fourth-order valence-electron chi connectivity index (χ4n) is 2.70. The maximum absolute atomic E-state index is 14.0. The Hall–Kier alpha value is -1.95. The minimum absolute atomic E-state index is 0.156. The molecule has 1 aromatic carbocycles. The van der Waals surface area contributed by atoms with Crippen molar-refractivity contribution in [1.29, 1.82) is 0 Å². The molecule has 0 unspecified atom stereocenters. The molecule has 0 saturated heterocycles. The Kier molecular flexibility index (Phi) is 4.61. The zero-order valence-corrected chi connectivity index (χ0v) is 14.1. The molecule has 1 aliphatic carbocycles. The van der Waals surface area contributed by atoms with E-state index < -0.39 is 0 Å². The fraction of sp³-hybridized carbons (Fsp3) is 0.412. The molecular formula is C17H20FN3OS. The molecule has 6 heteroatoms. The lowest BCUT2D eigenvalue weighted by molar-refractivity contribution is 0.173. The second kappa shape index (κ2) is 6.66. The number of nitrogens with zero attached hydrogens (tertiary/aromatic N) is 2. The van der Waals surface area contributed by atoms with Crippen molar-refractivity contribution < 1.29 is 9.18 Å². The van der Waals surface area contributed by atoms with E-state index in [2.05, 4.69) is 10.3 Å². The van der Waals surface area contributed by atoms with Gasteiger partial charge in [-0.1, -0.05) is 18.2 Å². The highest BCUT2D eigenvalue weighted by atomic mass is 32.1. The standard InChI is InChI=1S/C17H20FN3OS/c1-11-9-19-16(23-11)10-20-17(22)21(13-7-8-13)12(2)14-5-3-4-6-15(14)18/h3-6,9,12-13H,7-8,10H2,1-2H3,(H,20,22)/t12-/m1/s1. The lowest BCUT2D eigenvalue weighted by Crippen LogP contribution is -2.42. The normalized spacial score (nSPS) is 15.3. The van der Waals surface area contributed by atoms with Crippen molar-refractivity contribution in [3.63, 3.8) is 0 Å². The first-order chi connectivity index (χ1) is 11.1. The third-order valence-electron chi connectivity index (χ3n) is 4.01. The summed E-state index contributed by atoms with van der Waals surface area (Å²) in [5, 5.41) is 3.80. The molecule has 1 N–H and O–H groups in total.